The second kappa shape index (κ2) is 6.79. The second-order valence-electron chi connectivity index (χ2n) is 6.60. The van der Waals surface area contributed by atoms with E-state index in [1.165, 1.54) is 17.4 Å². The van der Waals surface area contributed by atoms with Crippen molar-refractivity contribution in [2.75, 3.05) is 31.2 Å². The van der Waals surface area contributed by atoms with E-state index in [1.807, 2.05) is 0 Å². The molecule has 1 aromatic rings. The van der Waals surface area contributed by atoms with E-state index in [4.69, 9.17) is 0 Å². The van der Waals surface area contributed by atoms with E-state index in [0.717, 1.165) is 19.3 Å². The molecule has 2 atom stereocenters. The van der Waals surface area contributed by atoms with Gasteiger partial charge in [-0.25, -0.2) is 8.42 Å². The first-order valence-electron chi connectivity index (χ1n) is 7.68. The zero-order valence-electron chi connectivity index (χ0n) is 13.4. The van der Waals surface area contributed by atoms with Crippen LogP contribution in [0.5, 0.6) is 0 Å². The highest BCUT2D eigenvalue weighted by Gasteiger charge is 2.27. The molecule has 1 saturated heterocycles. The molecule has 0 aromatic heterocycles. The molecule has 0 spiro atoms. The van der Waals surface area contributed by atoms with E-state index < -0.39 is 9.84 Å². The number of carbonyl (C=O) groups is 1. The van der Waals surface area contributed by atoms with E-state index in [9.17, 15) is 13.2 Å². The van der Waals surface area contributed by atoms with Crippen LogP contribution in [0.1, 0.15) is 20.3 Å². The first kappa shape index (κ1) is 17.0. The Balaban J connectivity index is 2.04. The largest absolute Gasteiger partial charge is 0.327 e. The lowest BCUT2D eigenvalue weighted by Gasteiger charge is -2.31. The number of quaternary nitrogens is 1. The molecule has 1 fully saturated rings. The average Bonchev–Trinajstić information content (AvgIpc) is 2.36. The molecule has 6 heteroatoms. The van der Waals surface area contributed by atoms with Gasteiger partial charge < -0.3 is 10.2 Å². The van der Waals surface area contributed by atoms with Crippen LogP contribution in [-0.4, -0.2) is 40.2 Å². The van der Waals surface area contributed by atoms with E-state index in [1.54, 1.807) is 18.2 Å². The number of hydrogen-bond donors (Lipinski definition) is 2. The van der Waals surface area contributed by atoms with E-state index in [0.29, 0.717) is 24.1 Å². The van der Waals surface area contributed by atoms with Crippen LogP contribution in [0.4, 0.5) is 5.69 Å². The molecular weight excluding hydrogens is 300 g/mol. The first-order valence-corrected chi connectivity index (χ1v) is 9.57. The molecule has 2 N–H and O–H groups in total. The number of sulfone groups is 1. The van der Waals surface area contributed by atoms with Crippen molar-refractivity contribution in [3.63, 3.8) is 0 Å². The summed E-state index contributed by atoms with van der Waals surface area (Å²) in [7, 11) is -3.35. The van der Waals surface area contributed by atoms with Gasteiger partial charge in [0.15, 0.2) is 16.4 Å². The molecule has 1 aromatic carbocycles. The van der Waals surface area contributed by atoms with Gasteiger partial charge in [0.25, 0.3) is 5.91 Å². The predicted octanol–water partition coefficient (Wildman–Crippen LogP) is 0.589. The number of piperidine rings is 1. The van der Waals surface area contributed by atoms with Crippen LogP contribution in [0.2, 0.25) is 0 Å². The van der Waals surface area contributed by atoms with Gasteiger partial charge in [-0.1, -0.05) is 26.0 Å². The van der Waals surface area contributed by atoms with Gasteiger partial charge in [0.05, 0.1) is 23.7 Å². The van der Waals surface area contributed by atoms with Crippen molar-refractivity contribution in [1.29, 1.82) is 0 Å². The van der Waals surface area contributed by atoms with Gasteiger partial charge in [-0.05, 0) is 18.6 Å². The summed E-state index contributed by atoms with van der Waals surface area (Å²) in [5.74, 6) is 1.11. The van der Waals surface area contributed by atoms with Crippen molar-refractivity contribution in [2.24, 2.45) is 11.8 Å². The van der Waals surface area contributed by atoms with Crippen LogP contribution < -0.4 is 10.2 Å². The Kier molecular flexibility index (Phi) is 5.24. The molecule has 2 rings (SSSR count). The third kappa shape index (κ3) is 4.55. The highest BCUT2D eigenvalue weighted by molar-refractivity contribution is 7.90. The first-order chi connectivity index (χ1) is 10.3. The fourth-order valence-corrected chi connectivity index (χ4v) is 4.23. The quantitative estimate of drug-likeness (QED) is 0.851. The Labute approximate surface area is 132 Å². The molecule has 0 radical (unpaired) electrons. The van der Waals surface area contributed by atoms with Crippen molar-refractivity contribution in [3.05, 3.63) is 24.3 Å². The molecule has 22 heavy (non-hydrogen) atoms. The zero-order valence-corrected chi connectivity index (χ0v) is 14.2. The summed E-state index contributed by atoms with van der Waals surface area (Å²) < 4.78 is 23.5. The van der Waals surface area contributed by atoms with Crippen molar-refractivity contribution in [1.82, 2.24) is 0 Å². The summed E-state index contributed by atoms with van der Waals surface area (Å²) in [5, 5.41) is 2.76. The maximum Gasteiger partial charge on any atom is 0.279 e. The number of hydrogen-bond acceptors (Lipinski definition) is 3. The second-order valence-corrected chi connectivity index (χ2v) is 8.58. The summed E-state index contributed by atoms with van der Waals surface area (Å²) in [6.07, 6.45) is 2.36. The zero-order chi connectivity index (χ0) is 16.3. The summed E-state index contributed by atoms with van der Waals surface area (Å²) in [5.41, 5.74) is 0.368. The fourth-order valence-electron chi connectivity index (χ4n) is 3.38. The lowest BCUT2D eigenvalue weighted by atomic mass is 9.92. The molecule has 1 aliphatic heterocycles. The highest BCUT2D eigenvalue weighted by atomic mass is 32.2. The van der Waals surface area contributed by atoms with Crippen molar-refractivity contribution in [3.8, 4) is 0 Å². The lowest BCUT2D eigenvalue weighted by molar-refractivity contribution is -0.904. The fraction of sp³-hybridized carbons (Fsp3) is 0.562. The lowest BCUT2D eigenvalue weighted by Crippen LogP contribution is -3.15. The number of benzene rings is 1. The van der Waals surface area contributed by atoms with Crippen molar-refractivity contribution in [2.45, 2.75) is 25.2 Å². The van der Waals surface area contributed by atoms with Gasteiger partial charge in [-0.3, -0.25) is 4.79 Å². The van der Waals surface area contributed by atoms with E-state index in [2.05, 4.69) is 19.2 Å². The van der Waals surface area contributed by atoms with Gasteiger partial charge in [-0.2, -0.15) is 0 Å². The topological polar surface area (TPSA) is 67.7 Å². The number of para-hydroxylation sites is 1. The Morgan fingerprint density at radius 2 is 1.82 bits per heavy atom. The molecular formula is C16H25N2O3S+. The van der Waals surface area contributed by atoms with E-state index in [-0.39, 0.29) is 10.8 Å². The number of amides is 1. The monoisotopic (exact) mass is 325 g/mol. The molecule has 1 aliphatic rings. The van der Waals surface area contributed by atoms with E-state index >= 15 is 0 Å². The highest BCUT2D eigenvalue weighted by Crippen LogP contribution is 2.20. The maximum absolute atomic E-state index is 12.2. The normalized spacial score (nSPS) is 25.7. The smallest absolute Gasteiger partial charge is 0.279 e. The van der Waals surface area contributed by atoms with Gasteiger partial charge in [0.1, 0.15) is 0 Å². The predicted molar refractivity (Wildman–Crippen MR) is 86.7 cm³/mol. The molecule has 1 amide bonds. The minimum absolute atomic E-state index is 0.132. The Morgan fingerprint density at radius 1 is 1.23 bits per heavy atom. The van der Waals surface area contributed by atoms with Gasteiger partial charge >= 0.3 is 0 Å². The van der Waals surface area contributed by atoms with Gasteiger partial charge in [-0.15, -0.1) is 0 Å². The summed E-state index contributed by atoms with van der Waals surface area (Å²) in [6, 6.07) is 6.53. The molecule has 0 saturated carbocycles. The molecule has 122 valence electrons. The number of likely N-dealkylation sites (tertiary alicyclic amines) is 1. The van der Waals surface area contributed by atoms with Crippen molar-refractivity contribution < 1.29 is 18.1 Å². The van der Waals surface area contributed by atoms with Crippen LogP contribution in [0.15, 0.2) is 29.2 Å². The number of anilines is 1. The van der Waals surface area contributed by atoms with Crippen molar-refractivity contribution >= 4 is 21.4 Å². The molecule has 5 nitrogen and oxygen atoms in total. The van der Waals surface area contributed by atoms with Crippen LogP contribution >= 0.6 is 0 Å². The van der Waals surface area contributed by atoms with Gasteiger partial charge in [0.2, 0.25) is 0 Å². The summed E-state index contributed by atoms with van der Waals surface area (Å²) >= 11 is 0. The third-order valence-electron chi connectivity index (χ3n) is 4.05. The Morgan fingerprint density at radius 3 is 2.41 bits per heavy atom. The number of carbonyl (C=O) groups excluding carboxylic acids is 1. The van der Waals surface area contributed by atoms with Gasteiger partial charge in [0, 0.05) is 18.1 Å². The molecule has 0 unspecified atom stereocenters. The Hall–Kier alpha value is -1.40. The van der Waals surface area contributed by atoms with Crippen LogP contribution in [0.25, 0.3) is 0 Å². The standard InChI is InChI=1S/C16H24N2O3S/c1-12-8-13(2)10-18(9-12)11-16(19)17-14-6-4-5-7-15(14)22(3,20)21/h4-7,12-13H,8-11H2,1-3H3,(H,17,19)/p+1/t12-,13-/m0/s1. The van der Waals surface area contributed by atoms with Crippen LogP contribution in [-0.2, 0) is 14.6 Å². The Bertz CT molecular complexity index is 633. The minimum Gasteiger partial charge on any atom is -0.327 e. The number of rotatable bonds is 4. The SMILES string of the molecule is C[C@H]1C[C@H](C)C[NH+](CC(=O)Nc2ccccc2S(C)(=O)=O)C1. The summed E-state index contributed by atoms with van der Waals surface area (Å²) in [6.45, 7) is 6.79. The third-order valence-corrected chi connectivity index (χ3v) is 5.21. The van der Waals surface area contributed by atoms with Crippen LogP contribution in [0, 0.1) is 11.8 Å². The minimum atomic E-state index is -3.35. The number of nitrogens with one attached hydrogen (secondary N) is 2. The maximum atomic E-state index is 12.2. The van der Waals surface area contributed by atoms with Crippen LogP contribution in [0.3, 0.4) is 0 Å². The molecule has 0 bridgehead atoms. The molecule has 0 aliphatic carbocycles. The average molecular weight is 325 g/mol. The molecule has 1 heterocycles. The summed E-state index contributed by atoms with van der Waals surface area (Å²) in [4.78, 5) is 13.7.